The Morgan fingerprint density at radius 3 is 1.71 bits per heavy atom. The molecular formula is C35H33N7O3. The topological polar surface area (TPSA) is 130 Å². The lowest BCUT2D eigenvalue weighted by atomic mass is 10.0. The van der Waals surface area contributed by atoms with Crippen LogP contribution in [0.25, 0.3) is 56.0 Å². The minimum atomic E-state index is -0.957. The lowest BCUT2D eigenvalue weighted by molar-refractivity contribution is 0.0696. The van der Waals surface area contributed by atoms with Crippen LogP contribution in [-0.2, 0) is 0 Å². The average Bonchev–Trinajstić information content (AvgIpc) is 3.69. The molecule has 0 bridgehead atoms. The van der Waals surface area contributed by atoms with Gasteiger partial charge in [0.05, 0.1) is 27.6 Å². The number of carboxylic acid groups (broad SMARTS) is 1. The highest BCUT2D eigenvalue weighted by molar-refractivity contribution is 5.95. The van der Waals surface area contributed by atoms with Crippen molar-refractivity contribution in [3.63, 3.8) is 0 Å². The Morgan fingerprint density at radius 1 is 0.711 bits per heavy atom. The maximum Gasteiger partial charge on any atom is 0.335 e. The highest BCUT2D eigenvalue weighted by atomic mass is 16.4. The van der Waals surface area contributed by atoms with Gasteiger partial charge in [-0.1, -0.05) is 36.4 Å². The van der Waals surface area contributed by atoms with E-state index in [0.717, 1.165) is 82.9 Å². The van der Waals surface area contributed by atoms with Crippen molar-refractivity contribution >= 4 is 33.9 Å². The van der Waals surface area contributed by atoms with Crippen molar-refractivity contribution < 1.29 is 14.7 Å². The number of benzene rings is 4. The van der Waals surface area contributed by atoms with Gasteiger partial charge in [-0.05, 0) is 66.7 Å². The number of aromatic amines is 2. The van der Waals surface area contributed by atoms with Gasteiger partial charge < -0.3 is 25.3 Å². The van der Waals surface area contributed by atoms with Crippen molar-refractivity contribution in [2.75, 3.05) is 46.3 Å². The van der Waals surface area contributed by atoms with Crippen LogP contribution >= 0.6 is 0 Å². The summed E-state index contributed by atoms with van der Waals surface area (Å²) in [6.07, 6.45) is 0. The number of aromatic carboxylic acids is 1. The number of nitrogens with one attached hydrogen (secondary N) is 3. The summed E-state index contributed by atoms with van der Waals surface area (Å²) in [7, 11) is 2.14. The molecule has 0 saturated carbocycles. The molecule has 6 aromatic rings. The molecule has 226 valence electrons. The van der Waals surface area contributed by atoms with Gasteiger partial charge >= 0.3 is 5.97 Å². The van der Waals surface area contributed by atoms with Gasteiger partial charge in [-0.15, -0.1) is 0 Å². The number of nitrogens with zero attached hydrogens (tertiary/aromatic N) is 4. The molecule has 1 fully saturated rings. The second-order valence-corrected chi connectivity index (χ2v) is 11.5. The molecule has 1 saturated heterocycles. The second kappa shape index (κ2) is 12.0. The number of amides is 1. The van der Waals surface area contributed by atoms with E-state index in [9.17, 15) is 9.59 Å². The molecule has 4 aromatic carbocycles. The van der Waals surface area contributed by atoms with Crippen LogP contribution < -0.4 is 5.32 Å². The number of H-pyrrole nitrogens is 2. The predicted molar refractivity (Wildman–Crippen MR) is 175 cm³/mol. The number of hydrogen-bond donors (Lipinski definition) is 4. The normalized spacial score (nSPS) is 14.2. The largest absolute Gasteiger partial charge is 0.478 e. The third-order valence-corrected chi connectivity index (χ3v) is 8.43. The Kier molecular flexibility index (Phi) is 7.58. The lowest BCUT2D eigenvalue weighted by Crippen LogP contribution is -2.46. The summed E-state index contributed by atoms with van der Waals surface area (Å²) in [6, 6.07) is 26.4. The molecule has 0 unspecified atom stereocenters. The van der Waals surface area contributed by atoms with E-state index in [1.807, 2.05) is 48.5 Å². The van der Waals surface area contributed by atoms with Crippen LogP contribution in [0.15, 0.2) is 84.9 Å². The first-order valence-electron chi connectivity index (χ1n) is 15.0. The minimum absolute atomic E-state index is 0.0676. The third-order valence-electron chi connectivity index (χ3n) is 8.43. The summed E-state index contributed by atoms with van der Waals surface area (Å²) in [5.74, 6) is 0.398. The van der Waals surface area contributed by atoms with Crippen LogP contribution in [-0.4, -0.2) is 93.0 Å². The zero-order chi connectivity index (χ0) is 30.9. The fourth-order valence-corrected chi connectivity index (χ4v) is 5.70. The van der Waals surface area contributed by atoms with Crippen molar-refractivity contribution in [2.45, 2.75) is 0 Å². The van der Waals surface area contributed by atoms with E-state index >= 15 is 0 Å². The van der Waals surface area contributed by atoms with Gasteiger partial charge in [0.2, 0.25) is 0 Å². The van der Waals surface area contributed by atoms with Gasteiger partial charge in [-0.2, -0.15) is 0 Å². The fourth-order valence-electron chi connectivity index (χ4n) is 5.70. The van der Waals surface area contributed by atoms with Gasteiger partial charge in [0.1, 0.15) is 11.6 Å². The van der Waals surface area contributed by atoms with E-state index in [0.29, 0.717) is 17.9 Å². The van der Waals surface area contributed by atoms with Crippen molar-refractivity contribution in [2.24, 2.45) is 0 Å². The van der Waals surface area contributed by atoms with Crippen molar-refractivity contribution in [3.05, 3.63) is 96.1 Å². The number of carbonyl (C=O) groups is 2. The van der Waals surface area contributed by atoms with Crippen LogP contribution in [0.2, 0.25) is 0 Å². The van der Waals surface area contributed by atoms with Gasteiger partial charge in [-0.3, -0.25) is 9.69 Å². The number of imidazole rings is 2. The van der Waals surface area contributed by atoms with Crippen molar-refractivity contribution in [1.29, 1.82) is 0 Å². The van der Waals surface area contributed by atoms with Crippen LogP contribution in [0, 0.1) is 0 Å². The van der Waals surface area contributed by atoms with Crippen LogP contribution in [0.5, 0.6) is 0 Å². The molecule has 7 rings (SSSR count). The van der Waals surface area contributed by atoms with Gasteiger partial charge in [0, 0.05) is 56.0 Å². The number of hydrogen-bond acceptors (Lipinski definition) is 6. The monoisotopic (exact) mass is 599 g/mol. The Bertz CT molecular complexity index is 2000. The van der Waals surface area contributed by atoms with E-state index in [4.69, 9.17) is 15.1 Å². The number of carbonyl (C=O) groups excluding carboxylic acids is 1. The maximum absolute atomic E-state index is 12.7. The van der Waals surface area contributed by atoms with E-state index < -0.39 is 5.97 Å². The molecule has 1 aliphatic heterocycles. The molecule has 10 nitrogen and oxygen atoms in total. The molecule has 1 amide bonds. The standard InChI is InChI=1S/C35H33N7O3/c1-41-16-18-42(19-17-41)15-14-36-34(43)24-6-2-22(3-7-24)32-37-28-12-10-26(20-30(28)39-32)27-11-13-29-31(21-27)40-33(38-29)23-4-8-25(9-5-23)35(44)45/h2-13,20-21H,14-19H2,1H3,(H,36,43)(H,37,39)(H,38,40)(H,44,45). The number of carboxylic acids is 1. The average molecular weight is 600 g/mol. The first-order chi connectivity index (χ1) is 21.9. The van der Waals surface area contributed by atoms with Gasteiger partial charge in [0.15, 0.2) is 0 Å². The van der Waals surface area contributed by atoms with Crippen molar-refractivity contribution in [1.82, 2.24) is 35.1 Å². The summed E-state index contributed by atoms with van der Waals surface area (Å²) >= 11 is 0. The first-order valence-corrected chi connectivity index (χ1v) is 15.0. The Morgan fingerprint density at radius 2 is 1.20 bits per heavy atom. The van der Waals surface area contributed by atoms with E-state index in [1.165, 1.54) is 0 Å². The molecule has 10 heteroatoms. The van der Waals surface area contributed by atoms with Crippen molar-refractivity contribution in [3.8, 4) is 33.9 Å². The van der Waals surface area contributed by atoms with Gasteiger partial charge in [-0.25, -0.2) is 14.8 Å². The molecule has 0 aliphatic carbocycles. The Hall–Kier alpha value is -5.32. The summed E-state index contributed by atoms with van der Waals surface area (Å²) in [6.45, 7) is 5.70. The molecule has 45 heavy (non-hydrogen) atoms. The van der Waals surface area contributed by atoms with E-state index in [2.05, 4.69) is 44.3 Å². The SMILES string of the molecule is CN1CCN(CCNC(=O)c2ccc(-c3nc4cc(-c5ccc6[nH]c(-c7ccc(C(=O)O)cc7)nc6c5)ccc4[nH]3)cc2)CC1. The Labute approximate surface area is 259 Å². The first kappa shape index (κ1) is 28.5. The highest BCUT2D eigenvalue weighted by Crippen LogP contribution is 2.29. The minimum Gasteiger partial charge on any atom is -0.478 e. The Balaban J connectivity index is 1.04. The van der Waals surface area contributed by atoms with Gasteiger partial charge in [0.25, 0.3) is 5.91 Å². The number of piperazine rings is 1. The molecule has 2 aromatic heterocycles. The lowest BCUT2D eigenvalue weighted by Gasteiger charge is -2.32. The zero-order valence-corrected chi connectivity index (χ0v) is 24.9. The van der Waals surface area contributed by atoms with Crippen LogP contribution in [0.4, 0.5) is 0 Å². The summed E-state index contributed by atoms with van der Waals surface area (Å²) < 4.78 is 0. The summed E-state index contributed by atoms with van der Waals surface area (Å²) in [5, 5.41) is 12.2. The predicted octanol–water partition coefficient (Wildman–Crippen LogP) is 5.12. The third kappa shape index (κ3) is 6.06. The zero-order valence-electron chi connectivity index (χ0n) is 24.9. The molecule has 0 atom stereocenters. The number of fused-ring (bicyclic) bond motifs is 2. The summed E-state index contributed by atoms with van der Waals surface area (Å²) in [5.41, 5.74) is 8.09. The molecule has 4 N–H and O–H groups in total. The smallest absolute Gasteiger partial charge is 0.335 e. The molecule has 0 spiro atoms. The fraction of sp³-hybridized carbons (Fsp3) is 0.200. The molecule has 3 heterocycles. The van der Waals surface area contributed by atoms with E-state index in [1.54, 1.807) is 24.3 Å². The molecule has 0 radical (unpaired) electrons. The quantitative estimate of drug-likeness (QED) is 0.191. The molecule has 1 aliphatic rings. The van der Waals surface area contributed by atoms with Crippen LogP contribution in [0.1, 0.15) is 20.7 Å². The number of aromatic nitrogens is 4. The maximum atomic E-state index is 12.7. The highest BCUT2D eigenvalue weighted by Gasteiger charge is 2.15. The number of rotatable bonds is 8. The summed E-state index contributed by atoms with van der Waals surface area (Å²) in [4.78, 5) is 44.9. The second-order valence-electron chi connectivity index (χ2n) is 11.5. The van der Waals surface area contributed by atoms with E-state index in [-0.39, 0.29) is 11.5 Å². The molecular weight excluding hydrogens is 566 g/mol. The number of likely N-dealkylation sites (N-methyl/N-ethyl adjacent to an activating group) is 1. The van der Waals surface area contributed by atoms with Crippen LogP contribution in [0.3, 0.4) is 0 Å².